The second-order valence-electron chi connectivity index (χ2n) is 4.60. The zero-order chi connectivity index (χ0) is 12.4. The number of aryl methyl sites for hydroxylation is 1. The van der Waals surface area contributed by atoms with Crippen LogP contribution in [-0.2, 0) is 6.42 Å². The normalized spacial score (nSPS) is 13.6. The molecule has 2 nitrogen and oxygen atoms in total. The lowest BCUT2D eigenvalue weighted by Gasteiger charge is -2.19. The molecule has 92 valence electrons. The maximum Gasteiger partial charge on any atom is 0.126 e. The molecule has 2 aromatic carbocycles. The van der Waals surface area contributed by atoms with Crippen LogP contribution in [0.1, 0.15) is 12.0 Å². The lowest BCUT2D eigenvalue weighted by Crippen LogP contribution is -2.11. The molecular weight excluding hydrogens is 222 g/mol. The van der Waals surface area contributed by atoms with Crippen molar-refractivity contribution >= 4 is 5.69 Å². The summed E-state index contributed by atoms with van der Waals surface area (Å²) in [5, 5.41) is 3.47. The number of hydrogen-bond donors (Lipinski definition) is 1. The second-order valence-corrected chi connectivity index (χ2v) is 4.60. The highest BCUT2D eigenvalue weighted by atomic mass is 16.5. The summed E-state index contributed by atoms with van der Waals surface area (Å²) in [7, 11) is 1.72. The van der Waals surface area contributed by atoms with E-state index in [1.165, 1.54) is 29.7 Å². The molecule has 0 atom stereocenters. The molecule has 3 rings (SSSR count). The third-order valence-corrected chi connectivity index (χ3v) is 3.47. The molecule has 2 aromatic rings. The first-order valence-corrected chi connectivity index (χ1v) is 6.38. The summed E-state index contributed by atoms with van der Waals surface area (Å²) in [4.78, 5) is 0. The standard InChI is InChI=1S/C16H17NO/c1-18-16-7-3-2-6-14(16)13-9-8-12-5-4-10-17-15(12)11-13/h2-3,6-9,11,17H,4-5,10H2,1H3. The Morgan fingerprint density at radius 1 is 1.11 bits per heavy atom. The number of para-hydroxylation sites is 1. The molecule has 0 radical (unpaired) electrons. The third-order valence-electron chi connectivity index (χ3n) is 3.47. The topological polar surface area (TPSA) is 21.3 Å². The van der Waals surface area contributed by atoms with E-state index in [1.54, 1.807) is 7.11 Å². The van der Waals surface area contributed by atoms with Gasteiger partial charge in [0.1, 0.15) is 5.75 Å². The summed E-state index contributed by atoms with van der Waals surface area (Å²) < 4.78 is 5.42. The van der Waals surface area contributed by atoms with Crippen molar-refractivity contribution in [1.82, 2.24) is 0 Å². The monoisotopic (exact) mass is 239 g/mol. The maximum atomic E-state index is 5.42. The molecule has 0 saturated carbocycles. The number of benzene rings is 2. The number of anilines is 1. The van der Waals surface area contributed by atoms with Crippen molar-refractivity contribution in [2.45, 2.75) is 12.8 Å². The molecule has 2 heteroatoms. The number of methoxy groups -OCH3 is 1. The molecule has 0 bridgehead atoms. The largest absolute Gasteiger partial charge is 0.496 e. The minimum Gasteiger partial charge on any atom is -0.496 e. The molecule has 1 N–H and O–H groups in total. The van der Waals surface area contributed by atoms with Gasteiger partial charge in [-0.15, -0.1) is 0 Å². The van der Waals surface area contributed by atoms with E-state index in [1.807, 2.05) is 18.2 Å². The second kappa shape index (κ2) is 4.73. The molecule has 1 aliphatic heterocycles. The number of nitrogens with one attached hydrogen (secondary N) is 1. The molecular formula is C16H17NO. The average molecular weight is 239 g/mol. The van der Waals surface area contributed by atoms with Crippen LogP contribution in [-0.4, -0.2) is 13.7 Å². The summed E-state index contributed by atoms with van der Waals surface area (Å²) in [6.07, 6.45) is 2.40. The first-order valence-electron chi connectivity index (χ1n) is 6.38. The summed E-state index contributed by atoms with van der Waals surface area (Å²) in [6.45, 7) is 1.07. The van der Waals surface area contributed by atoms with Crippen LogP contribution in [0.3, 0.4) is 0 Å². The van der Waals surface area contributed by atoms with Gasteiger partial charge in [-0.05, 0) is 36.1 Å². The van der Waals surface area contributed by atoms with Gasteiger partial charge in [-0.2, -0.15) is 0 Å². The molecule has 0 amide bonds. The highest BCUT2D eigenvalue weighted by Crippen LogP contribution is 2.33. The number of hydrogen-bond acceptors (Lipinski definition) is 2. The van der Waals surface area contributed by atoms with Crippen molar-refractivity contribution in [3.05, 3.63) is 48.0 Å². The summed E-state index contributed by atoms with van der Waals surface area (Å²) in [6, 6.07) is 14.8. The van der Waals surface area contributed by atoms with Gasteiger partial charge in [-0.25, -0.2) is 0 Å². The molecule has 0 fully saturated rings. The fourth-order valence-corrected chi connectivity index (χ4v) is 2.51. The van der Waals surface area contributed by atoms with E-state index < -0.39 is 0 Å². The lowest BCUT2D eigenvalue weighted by atomic mass is 9.97. The number of fused-ring (bicyclic) bond motifs is 1. The van der Waals surface area contributed by atoms with E-state index in [-0.39, 0.29) is 0 Å². The van der Waals surface area contributed by atoms with Crippen LogP contribution in [0.2, 0.25) is 0 Å². The van der Waals surface area contributed by atoms with E-state index in [0.29, 0.717) is 0 Å². The third kappa shape index (κ3) is 1.94. The van der Waals surface area contributed by atoms with Gasteiger partial charge < -0.3 is 10.1 Å². The van der Waals surface area contributed by atoms with Crippen molar-refractivity contribution in [1.29, 1.82) is 0 Å². The molecule has 1 aliphatic rings. The van der Waals surface area contributed by atoms with Crippen molar-refractivity contribution in [2.24, 2.45) is 0 Å². The Morgan fingerprint density at radius 3 is 2.89 bits per heavy atom. The van der Waals surface area contributed by atoms with Gasteiger partial charge in [0, 0.05) is 17.8 Å². The van der Waals surface area contributed by atoms with Gasteiger partial charge in [0.05, 0.1) is 7.11 Å². The molecule has 0 saturated heterocycles. The summed E-state index contributed by atoms with van der Waals surface area (Å²) in [5.41, 5.74) is 5.04. The predicted molar refractivity (Wildman–Crippen MR) is 75.2 cm³/mol. The van der Waals surface area contributed by atoms with Gasteiger partial charge in [-0.3, -0.25) is 0 Å². The fourth-order valence-electron chi connectivity index (χ4n) is 2.51. The molecule has 0 unspecified atom stereocenters. The quantitative estimate of drug-likeness (QED) is 0.862. The van der Waals surface area contributed by atoms with Crippen molar-refractivity contribution < 1.29 is 4.74 Å². The molecule has 0 spiro atoms. The van der Waals surface area contributed by atoms with Gasteiger partial charge in [0.2, 0.25) is 0 Å². The van der Waals surface area contributed by atoms with Crippen LogP contribution in [0.5, 0.6) is 5.75 Å². The number of rotatable bonds is 2. The van der Waals surface area contributed by atoms with Crippen LogP contribution in [0.15, 0.2) is 42.5 Å². The zero-order valence-corrected chi connectivity index (χ0v) is 10.6. The van der Waals surface area contributed by atoms with Gasteiger partial charge in [-0.1, -0.05) is 30.3 Å². The predicted octanol–water partition coefficient (Wildman–Crippen LogP) is 3.72. The zero-order valence-electron chi connectivity index (χ0n) is 10.6. The Hall–Kier alpha value is -1.96. The minimum absolute atomic E-state index is 0.924. The van der Waals surface area contributed by atoms with Crippen LogP contribution in [0.25, 0.3) is 11.1 Å². The van der Waals surface area contributed by atoms with E-state index in [2.05, 4.69) is 29.6 Å². The molecule has 18 heavy (non-hydrogen) atoms. The van der Waals surface area contributed by atoms with Crippen LogP contribution < -0.4 is 10.1 Å². The fraction of sp³-hybridized carbons (Fsp3) is 0.250. The van der Waals surface area contributed by atoms with E-state index in [4.69, 9.17) is 4.74 Å². The minimum atomic E-state index is 0.924. The summed E-state index contributed by atoms with van der Waals surface area (Å²) in [5.74, 6) is 0.924. The van der Waals surface area contributed by atoms with Crippen LogP contribution >= 0.6 is 0 Å². The van der Waals surface area contributed by atoms with Gasteiger partial charge >= 0.3 is 0 Å². The molecule has 1 heterocycles. The Bertz CT molecular complexity index is 563. The maximum absolute atomic E-state index is 5.42. The van der Waals surface area contributed by atoms with Crippen molar-refractivity contribution in [2.75, 3.05) is 19.0 Å². The first kappa shape index (κ1) is 11.1. The highest BCUT2D eigenvalue weighted by molar-refractivity contribution is 5.75. The van der Waals surface area contributed by atoms with Crippen molar-refractivity contribution in [3.63, 3.8) is 0 Å². The van der Waals surface area contributed by atoms with Gasteiger partial charge in [0.25, 0.3) is 0 Å². The van der Waals surface area contributed by atoms with E-state index in [9.17, 15) is 0 Å². The number of ether oxygens (including phenoxy) is 1. The Balaban J connectivity index is 2.06. The SMILES string of the molecule is COc1ccccc1-c1ccc2c(c1)NCCC2. The van der Waals surface area contributed by atoms with E-state index in [0.717, 1.165) is 17.9 Å². The van der Waals surface area contributed by atoms with E-state index >= 15 is 0 Å². The highest BCUT2D eigenvalue weighted by Gasteiger charge is 2.11. The Morgan fingerprint density at radius 2 is 2.00 bits per heavy atom. The lowest BCUT2D eigenvalue weighted by molar-refractivity contribution is 0.416. The van der Waals surface area contributed by atoms with Gasteiger partial charge in [0.15, 0.2) is 0 Å². The average Bonchev–Trinajstić information content (AvgIpc) is 2.46. The Kier molecular flexibility index (Phi) is 2.93. The smallest absolute Gasteiger partial charge is 0.126 e. The first-order chi connectivity index (χ1) is 8.88. The van der Waals surface area contributed by atoms with Crippen LogP contribution in [0.4, 0.5) is 5.69 Å². The Labute approximate surface area is 108 Å². The molecule has 0 aromatic heterocycles. The van der Waals surface area contributed by atoms with Crippen LogP contribution in [0, 0.1) is 0 Å². The van der Waals surface area contributed by atoms with Crippen molar-refractivity contribution in [3.8, 4) is 16.9 Å². The summed E-state index contributed by atoms with van der Waals surface area (Å²) >= 11 is 0. The molecule has 0 aliphatic carbocycles.